The lowest BCUT2D eigenvalue weighted by Crippen LogP contribution is -2.11. The molecule has 0 atom stereocenters. The molecule has 0 radical (unpaired) electrons. The Balaban J connectivity index is 1.57. The van der Waals surface area contributed by atoms with Crippen LogP contribution in [0.1, 0.15) is 49.1 Å². The third kappa shape index (κ3) is 6.21. The third-order valence-electron chi connectivity index (χ3n) is 5.44. The Morgan fingerprint density at radius 1 is 0.882 bits per heavy atom. The van der Waals surface area contributed by atoms with Crippen molar-refractivity contribution in [1.29, 1.82) is 0 Å². The molecule has 5 nitrogen and oxygen atoms in total. The van der Waals surface area contributed by atoms with Gasteiger partial charge in [-0.15, -0.1) is 5.10 Å². The smallest absolute Gasteiger partial charge is 0.258 e. The van der Waals surface area contributed by atoms with Gasteiger partial charge in [0.15, 0.2) is 5.82 Å². The Morgan fingerprint density at radius 3 is 2.15 bits per heavy atom. The van der Waals surface area contributed by atoms with E-state index in [1.807, 2.05) is 0 Å². The van der Waals surface area contributed by atoms with Gasteiger partial charge < -0.3 is 0 Å². The number of alkyl halides is 6. The molecule has 0 amide bonds. The summed E-state index contributed by atoms with van der Waals surface area (Å²) >= 11 is 7.11. The van der Waals surface area contributed by atoms with Crippen molar-refractivity contribution < 1.29 is 26.3 Å². The molecule has 1 aliphatic carbocycles. The molecule has 0 aliphatic heterocycles. The maximum atomic E-state index is 13.1. The van der Waals surface area contributed by atoms with Crippen molar-refractivity contribution in [2.75, 3.05) is 0 Å². The van der Waals surface area contributed by atoms with Crippen LogP contribution in [0, 0.1) is 5.92 Å². The Kier molecular flexibility index (Phi) is 7.09. The molecule has 34 heavy (non-hydrogen) atoms. The molecule has 13 heteroatoms. The van der Waals surface area contributed by atoms with E-state index in [0.29, 0.717) is 35.3 Å². The van der Waals surface area contributed by atoms with Crippen molar-refractivity contribution in [3.05, 3.63) is 46.4 Å². The quantitative estimate of drug-likeness (QED) is 0.283. The highest BCUT2D eigenvalue weighted by atomic mass is 35.5. The minimum Gasteiger partial charge on any atom is -0.258 e. The van der Waals surface area contributed by atoms with Crippen LogP contribution in [0.4, 0.5) is 26.3 Å². The van der Waals surface area contributed by atoms with Crippen LogP contribution in [0.5, 0.6) is 0 Å². The van der Waals surface area contributed by atoms with Gasteiger partial charge in [0.2, 0.25) is 5.16 Å². The second-order valence-electron chi connectivity index (χ2n) is 8.02. The first-order chi connectivity index (χ1) is 16.0. The lowest BCUT2D eigenvalue weighted by atomic mass is 9.87. The number of H-pyrrole nitrogens is 1. The third-order valence-corrected chi connectivity index (χ3v) is 6.41. The van der Waals surface area contributed by atoms with Crippen LogP contribution >= 0.6 is 23.4 Å². The Hall–Kier alpha value is -2.34. The molecule has 4 rings (SSSR count). The predicted octanol–water partition coefficient (Wildman–Crippen LogP) is 7.23. The molecular formula is C21H18ClF6N5S. The number of rotatable bonds is 5. The number of aromatic nitrogens is 5. The van der Waals surface area contributed by atoms with Gasteiger partial charge in [0, 0.05) is 18.1 Å². The summed E-state index contributed by atoms with van der Waals surface area (Å²) in [6.07, 6.45) is -3.49. The van der Waals surface area contributed by atoms with Crippen molar-refractivity contribution in [3.63, 3.8) is 0 Å². The molecule has 1 aliphatic rings. The van der Waals surface area contributed by atoms with Gasteiger partial charge in [0.1, 0.15) is 16.0 Å². The van der Waals surface area contributed by atoms with E-state index in [-0.39, 0.29) is 27.8 Å². The number of nitrogens with zero attached hydrogens (tertiary/aromatic N) is 4. The van der Waals surface area contributed by atoms with Crippen LogP contribution in [0.2, 0.25) is 5.15 Å². The maximum Gasteiger partial charge on any atom is 0.416 e. The molecule has 0 unspecified atom stereocenters. The molecule has 1 saturated carbocycles. The van der Waals surface area contributed by atoms with Crippen LogP contribution in [0.3, 0.4) is 0 Å². The van der Waals surface area contributed by atoms with Crippen molar-refractivity contribution in [2.24, 2.45) is 5.92 Å². The molecule has 1 aromatic carbocycles. The summed E-state index contributed by atoms with van der Waals surface area (Å²) in [4.78, 5) is 12.8. The van der Waals surface area contributed by atoms with E-state index >= 15 is 0 Å². The molecular weight excluding hydrogens is 504 g/mol. The summed E-state index contributed by atoms with van der Waals surface area (Å²) in [7, 11) is 0. The number of hydrogen-bond donors (Lipinski definition) is 1. The first-order valence-corrected chi connectivity index (χ1v) is 11.6. The maximum absolute atomic E-state index is 13.1. The van der Waals surface area contributed by atoms with Crippen LogP contribution in [0.25, 0.3) is 11.4 Å². The molecule has 2 aromatic heterocycles. The lowest BCUT2D eigenvalue weighted by molar-refractivity contribution is -0.143. The Bertz CT molecular complexity index is 1130. The fourth-order valence-corrected chi connectivity index (χ4v) is 4.84. The van der Waals surface area contributed by atoms with Crippen molar-refractivity contribution in [3.8, 4) is 11.4 Å². The zero-order chi connectivity index (χ0) is 24.5. The van der Waals surface area contributed by atoms with Gasteiger partial charge in [-0.3, -0.25) is 5.10 Å². The topological polar surface area (TPSA) is 67.3 Å². The van der Waals surface area contributed by atoms with Crippen molar-refractivity contribution in [1.82, 2.24) is 25.1 Å². The van der Waals surface area contributed by atoms with Crippen LogP contribution < -0.4 is 0 Å². The molecule has 3 aromatic rings. The van der Waals surface area contributed by atoms with E-state index in [9.17, 15) is 26.3 Å². The van der Waals surface area contributed by atoms with Crippen LogP contribution in [-0.4, -0.2) is 25.1 Å². The average Bonchev–Trinajstić information content (AvgIpc) is 3.21. The van der Waals surface area contributed by atoms with E-state index < -0.39 is 23.5 Å². The molecule has 182 valence electrons. The largest absolute Gasteiger partial charge is 0.416 e. The SMILES string of the molecule is FC(F)(F)c1cc(-c2nc(Sc3cc(Cl)nc(CC4CCCCC4)n3)n[nH]2)cc(C(F)(F)F)c1. The van der Waals surface area contributed by atoms with E-state index in [4.69, 9.17) is 11.6 Å². The molecule has 1 fully saturated rings. The Morgan fingerprint density at radius 2 is 1.53 bits per heavy atom. The summed E-state index contributed by atoms with van der Waals surface area (Å²) in [6, 6.07) is 2.74. The second-order valence-corrected chi connectivity index (χ2v) is 9.39. The second kappa shape index (κ2) is 9.73. The van der Waals surface area contributed by atoms with Gasteiger partial charge >= 0.3 is 12.4 Å². The van der Waals surface area contributed by atoms with Gasteiger partial charge in [-0.05, 0) is 35.9 Å². The number of aromatic amines is 1. The van der Waals surface area contributed by atoms with Crippen molar-refractivity contribution >= 4 is 23.4 Å². The molecule has 0 bridgehead atoms. The number of hydrogen-bond acceptors (Lipinski definition) is 5. The molecule has 1 N–H and O–H groups in total. The number of halogens is 7. The normalized spacial score (nSPS) is 15.6. The monoisotopic (exact) mass is 521 g/mol. The molecule has 0 saturated heterocycles. The highest BCUT2D eigenvalue weighted by Crippen LogP contribution is 2.38. The molecule has 2 heterocycles. The minimum absolute atomic E-state index is 0.0618. The van der Waals surface area contributed by atoms with E-state index in [1.54, 1.807) is 0 Å². The zero-order valence-electron chi connectivity index (χ0n) is 17.5. The lowest BCUT2D eigenvalue weighted by Gasteiger charge is -2.20. The van der Waals surface area contributed by atoms with E-state index in [1.165, 1.54) is 25.3 Å². The van der Waals surface area contributed by atoms with E-state index in [2.05, 4.69) is 25.1 Å². The summed E-state index contributed by atoms with van der Waals surface area (Å²) in [5, 5.41) is 7.03. The first-order valence-electron chi connectivity index (χ1n) is 10.4. The van der Waals surface area contributed by atoms with Gasteiger partial charge in [-0.2, -0.15) is 26.3 Å². The van der Waals surface area contributed by atoms with Gasteiger partial charge in [-0.1, -0.05) is 43.7 Å². The van der Waals surface area contributed by atoms with Crippen molar-refractivity contribution in [2.45, 2.75) is 61.1 Å². The van der Waals surface area contributed by atoms with Gasteiger partial charge in [0.25, 0.3) is 0 Å². The summed E-state index contributed by atoms with van der Waals surface area (Å²) < 4.78 is 78.9. The standard InChI is InChI=1S/C21H18ClF6N5S/c22-15-10-17(30-16(29-15)6-11-4-2-1-3-5-11)34-19-31-18(32-33-19)12-7-13(20(23,24)25)9-14(8-12)21(26,27)28/h7-11H,1-6H2,(H,31,32,33). The van der Waals surface area contributed by atoms with Gasteiger partial charge in [0.05, 0.1) is 11.1 Å². The highest BCUT2D eigenvalue weighted by molar-refractivity contribution is 7.99. The van der Waals surface area contributed by atoms with Gasteiger partial charge in [-0.25, -0.2) is 15.0 Å². The fourth-order valence-electron chi connectivity index (χ4n) is 3.84. The average molecular weight is 522 g/mol. The predicted molar refractivity (Wildman–Crippen MR) is 113 cm³/mol. The first kappa shape index (κ1) is 24.8. The number of benzene rings is 1. The highest BCUT2D eigenvalue weighted by Gasteiger charge is 2.37. The summed E-state index contributed by atoms with van der Waals surface area (Å²) in [6.45, 7) is 0. The van der Waals surface area contributed by atoms with Crippen LogP contribution in [-0.2, 0) is 18.8 Å². The zero-order valence-corrected chi connectivity index (χ0v) is 19.0. The van der Waals surface area contributed by atoms with E-state index in [0.717, 1.165) is 24.6 Å². The molecule has 0 spiro atoms. The fraction of sp³-hybridized carbons (Fsp3) is 0.429. The number of nitrogens with one attached hydrogen (secondary N) is 1. The minimum atomic E-state index is -4.96. The van der Waals surface area contributed by atoms with Crippen LogP contribution in [0.15, 0.2) is 34.4 Å². The Labute approximate surface area is 199 Å². The summed E-state index contributed by atoms with van der Waals surface area (Å²) in [5.41, 5.74) is -3.25. The summed E-state index contributed by atoms with van der Waals surface area (Å²) in [5.74, 6) is 0.816.